The minimum absolute atomic E-state index is 0.116. The Morgan fingerprint density at radius 3 is 2.62 bits per heavy atom. The Balaban J connectivity index is 1.80. The zero-order chi connectivity index (χ0) is 18.9. The topological polar surface area (TPSA) is 38.3 Å². The number of thiophene rings is 1. The van der Waals surface area contributed by atoms with E-state index in [1.165, 1.54) is 29.5 Å². The maximum Gasteiger partial charge on any atom is 0.573 e. The predicted molar refractivity (Wildman–Crippen MR) is 95.9 cm³/mol. The van der Waals surface area contributed by atoms with E-state index in [4.69, 9.17) is 11.6 Å². The fourth-order valence-electron chi connectivity index (χ4n) is 2.55. The first kappa shape index (κ1) is 18.5. The maximum atomic E-state index is 12.5. The van der Waals surface area contributed by atoms with E-state index in [9.17, 15) is 18.0 Å². The van der Waals surface area contributed by atoms with Gasteiger partial charge in [0, 0.05) is 22.2 Å². The molecule has 0 spiro atoms. The maximum absolute atomic E-state index is 12.5. The van der Waals surface area contributed by atoms with Crippen LogP contribution < -0.4 is 10.1 Å². The monoisotopic (exact) mass is 399 g/mol. The Kier molecular flexibility index (Phi) is 5.11. The van der Waals surface area contributed by atoms with Crippen LogP contribution in [0, 0.1) is 6.92 Å². The number of carbonyl (C=O) groups excluding carboxylic acids is 1. The van der Waals surface area contributed by atoms with Gasteiger partial charge in [-0.05, 0) is 24.6 Å². The molecule has 0 fully saturated rings. The number of halogens is 4. The highest BCUT2D eigenvalue weighted by atomic mass is 35.5. The van der Waals surface area contributed by atoms with Crippen LogP contribution in [0.25, 0.3) is 10.1 Å². The summed E-state index contributed by atoms with van der Waals surface area (Å²) in [7, 11) is 0. The van der Waals surface area contributed by atoms with Crippen LogP contribution in [0.2, 0.25) is 5.02 Å². The molecule has 3 rings (SSSR count). The quantitative estimate of drug-likeness (QED) is 0.611. The van der Waals surface area contributed by atoms with Crippen molar-refractivity contribution in [3.63, 3.8) is 0 Å². The Morgan fingerprint density at radius 2 is 1.92 bits per heavy atom. The normalized spacial score (nSPS) is 11.6. The largest absolute Gasteiger partial charge is 0.573 e. The van der Waals surface area contributed by atoms with E-state index in [-0.39, 0.29) is 17.9 Å². The Labute approximate surface area is 156 Å². The van der Waals surface area contributed by atoms with Crippen LogP contribution in [-0.2, 0) is 6.54 Å². The average Bonchev–Trinajstić information content (AvgIpc) is 2.91. The van der Waals surface area contributed by atoms with Crippen LogP contribution in [0.4, 0.5) is 13.2 Å². The van der Waals surface area contributed by atoms with Crippen molar-refractivity contribution in [1.82, 2.24) is 5.32 Å². The van der Waals surface area contributed by atoms with Gasteiger partial charge in [-0.2, -0.15) is 0 Å². The highest BCUT2D eigenvalue weighted by molar-refractivity contribution is 7.21. The molecule has 0 aliphatic carbocycles. The molecule has 8 heteroatoms. The van der Waals surface area contributed by atoms with Crippen LogP contribution in [0.3, 0.4) is 0 Å². The highest BCUT2D eigenvalue weighted by Gasteiger charge is 2.32. The van der Waals surface area contributed by atoms with Gasteiger partial charge in [0.05, 0.1) is 5.02 Å². The van der Waals surface area contributed by atoms with Crippen molar-refractivity contribution < 1.29 is 22.7 Å². The lowest BCUT2D eigenvalue weighted by Crippen LogP contribution is -2.24. The smallest absolute Gasteiger partial charge is 0.405 e. The number of rotatable bonds is 4. The molecule has 0 radical (unpaired) electrons. The third-order valence-corrected chi connectivity index (χ3v) is 5.35. The van der Waals surface area contributed by atoms with Gasteiger partial charge in [0.15, 0.2) is 0 Å². The second kappa shape index (κ2) is 7.17. The molecule has 0 saturated heterocycles. The van der Waals surface area contributed by atoms with E-state index < -0.39 is 12.3 Å². The van der Waals surface area contributed by atoms with E-state index in [0.29, 0.717) is 9.90 Å². The highest BCUT2D eigenvalue weighted by Crippen LogP contribution is 2.37. The van der Waals surface area contributed by atoms with Crippen molar-refractivity contribution in [2.24, 2.45) is 0 Å². The SMILES string of the molecule is Cc1cccc2sc(C(=O)NCc3ccccc3OC(F)(F)F)c(Cl)c12. The number of nitrogens with one attached hydrogen (secondary N) is 1. The molecule has 1 amide bonds. The Hall–Kier alpha value is -2.25. The van der Waals surface area contributed by atoms with Gasteiger partial charge < -0.3 is 10.1 Å². The number of benzene rings is 2. The Morgan fingerprint density at radius 1 is 1.19 bits per heavy atom. The minimum Gasteiger partial charge on any atom is -0.405 e. The summed E-state index contributed by atoms with van der Waals surface area (Å²) in [5, 5.41) is 3.76. The molecule has 0 saturated carbocycles. The molecule has 136 valence electrons. The van der Waals surface area contributed by atoms with Crippen LogP contribution in [0.5, 0.6) is 5.75 Å². The first-order valence-electron chi connectivity index (χ1n) is 7.56. The molecule has 0 aliphatic rings. The third kappa shape index (κ3) is 3.94. The van der Waals surface area contributed by atoms with Crippen molar-refractivity contribution >= 4 is 38.9 Å². The van der Waals surface area contributed by atoms with Crippen LogP contribution in [0.15, 0.2) is 42.5 Å². The standard InChI is InChI=1S/C18H13ClF3NO2S/c1-10-5-4-8-13-14(10)15(19)16(26-13)17(24)23-9-11-6-2-3-7-12(11)25-18(20,21)22/h2-8H,9H2,1H3,(H,23,24). The minimum atomic E-state index is -4.80. The second-order valence-electron chi connectivity index (χ2n) is 5.53. The number of hydrogen-bond acceptors (Lipinski definition) is 3. The third-order valence-electron chi connectivity index (χ3n) is 3.71. The van der Waals surface area contributed by atoms with Gasteiger partial charge in [-0.3, -0.25) is 4.79 Å². The summed E-state index contributed by atoms with van der Waals surface area (Å²) in [6.07, 6.45) is -4.80. The van der Waals surface area contributed by atoms with E-state index in [1.54, 1.807) is 6.07 Å². The lowest BCUT2D eigenvalue weighted by Gasteiger charge is -2.13. The number of hydrogen-bond donors (Lipinski definition) is 1. The van der Waals surface area contributed by atoms with Gasteiger partial charge in [-0.15, -0.1) is 24.5 Å². The zero-order valence-electron chi connectivity index (χ0n) is 13.5. The fourth-order valence-corrected chi connectivity index (χ4v) is 4.15. The van der Waals surface area contributed by atoms with Crippen LogP contribution >= 0.6 is 22.9 Å². The number of amides is 1. The van der Waals surface area contributed by atoms with Gasteiger partial charge in [-0.25, -0.2) is 0 Å². The number of aryl methyl sites for hydroxylation is 1. The van der Waals surface area contributed by atoms with Gasteiger partial charge in [0.25, 0.3) is 5.91 Å². The molecule has 2 aromatic carbocycles. The zero-order valence-corrected chi connectivity index (χ0v) is 15.1. The molecule has 1 heterocycles. The molecule has 1 aromatic heterocycles. The first-order valence-corrected chi connectivity index (χ1v) is 8.75. The lowest BCUT2D eigenvalue weighted by atomic mass is 10.1. The van der Waals surface area contributed by atoms with E-state index in [2.05, 4.69) is 10.1 Å². The fraction of sp³-hybridized carbons (Fsp3) is 0.167. The number of alkyl halides is 3. The molecule has 3 nitrogen and oxygen atoms in total. The Bertz CT molecular complexity index is 969. The summed E-state index contributed by atoms with van der Waals surface area (Å²) in [6, 6.07) is 11.3. The number of para-hydroxylation sites is 1. The predicted octanol–water partition coefficient (Wildman–Crippen LogP) is 5.69. The summed E-state index contributed by atoms with van der Waals surface area (Å²) in [5.74, 6) is -0.795. The van der Waals surface area contributed by atoms with Crippen molar-refractivity contribution in [1.29, 1.82) is 0 Å². The second-order valence-corrected chi connectivity index (χ2v) is 6.96. The summed E-state index contributed by atoms with van der Waals surface area (Å²) in [5.41, 5.74) is 1.17. The summed E-state index contributed by atoms with van der Waals surface area (Å²) in [4.78, 5) is 12.8. The van der Waals surface area contributed by atoms with Gasteiger partial charge >= 0.3 is 6.36 Å². The molecule has 0 bridgehead atoms. The lowest BCUT2D eigenvalue weighted by molar-refractivity contribution is -0.274. The van der Waals surface area contributed by atoms with E-state index >= 15 is 0 Å². The molecule has 3 aromatic rings. The first-order chi connectivity index (χ1) is 12.3. The molecule has 0 atom stereocenters. The average molecular weight is 400 g/mol. The molecule has 0 aliphatic heterocycles. The van der Waals surface area contributed by atoms with Gasteiger partial charge in [-0.1, -0.05) is 41.9 Å². The number of ether oxygens (including phenoxy) is 1. The summed E-state index contributed by atoms with van der Waals surface area (Å²) < 4.78 is 42.3. The molecule has 26 heavy (non-hydrogen) atoms. The van der Waals surface area contributed by atoms with Gasteiger partial charge in [0.1, 0.15) is 10.6 Å². The number of fused-ring (bicyclic) bond motifs is 1. The number of carbonyl (C=O) groups is 1. The molecule has 0 unspecified atom stereocenters. The van der Waals surface area contributed by atoms with Crippen molar-refractivity contribution in [3.8, 4) is 5.75 Å². The summed E-state index contributed by atoms with van der Waals surface area (Å²) in [6.45, 7) is 1.78. The molecular weight excluding hydrogens is 387 g/mol. The van der Waals surface area contributed by atoms with E-state index in [0.717, 1.165) is 15.6 Å². The molecular formula is C18H13ClF3NO2S. The summed E-state index contributed by atoms with van der Waals surface area (Å²) >= 11 is 7.57. The van der Waals surface area contributed by atoms with Crippen LogP contribution in [0.1, 0.15) is 20.8 Å². The molecule has 1 N–H and O–H groups in total. The van der Waals surface area contributed by atoms with Crippen molar-refractivity contribution in [2.45, 2.75) is 19.8 Å². The van der Waals surface area contributed by atoms with Crippen molar-refractivity contribution in [3.05, 3.63) is 63.5 Å². The van der Waals surface area contributed by atoms with E-state index in [1.807, 2.05) is 25.1 Å². The van der Waals surface area contributed by atoms with Crippen molar-refractivity contribution in [2.75, 3.05) is 0 Å². The van der Waals surface area contributed by atoms with Gasteiger partial charge in [0.2, 0.25) is 0 Å². The van der Waals surface area contributed by atoms with Crippen LogP contribution in [-0.4, -0.2) is 12.3 Å².